The van der Waals surface area contributed by atoms with Crippen molar-refractivity contribution in [2.75, 3.05) is 0 Å². The van der Waals surface area contributed by atoms with Crippen molar-refractivity contribution >= 4 is 10.2 Å². The third kappa shape index (κ3) is 3.02. The lowest BCUT2D eigenvalue weighted by Gasteiger charge is -1.98. The second-order valence-corrected chi connectivity index (χ2v) is 3.74. The van der Waals surface area contributed by atoms with Crippen LogP contribution in [0.3, 0.4) is 0 Å². The molecule has 0 fully saturated rings. The quantitative estimate of drug-likeness (QED) is 0.494. The Bertz CT molecular complexity index is 88.6. The highest BCUT2D eigenvalue weighted by molar-refractivity contribution is 6.21. The summed E-state index contributed by atoms with van der Waals surface area (Å²) in [5, 5.41) is 1.69. The summed E-state index contributed by atoms with van der Waals surface area (Å²) in [5.41, 5.74) is 1.54. The smallest absolute Gasteiger partial charge is 0.0332 e. The summed E-state index contributed by atoms with van der Waals surface area (Å²) in [4.78, 5) is 0. The van der Waals surface area contributed by atoms with Crippen LogP contribution in [0.2, 0.25) is 0 Å². The molecule has 0 nitrogen and oxygen atoms in total. The van der Waals surface area contributed by atoms with Crippen LogP contribution in [0.15, 0.2) is 10.8 Å². The summed E-state index contributed by atoms with van der Waals surface area (Å²) in [5.74, 6) is 0. The predicted octanol–water partition coefficient (Wildman–Crippen LogP) is 1.45. The molecule has 0 atom stereocenters. The minimum Gasteiger partial charge on any atom is -0.0931 e. The Morgan fingerprint density at radius 3 is 2.00 bits per heavy atom. The molecule has 0 aromatic carbocycles. The third-order valence-corrected chi connectivity index (χ3v) is 2.98. The number of hydrogen-bond donors (Lipinski definition) is 0. The van der Waals surface area contributed by atoms with Crippen LogP contribution in [-0.2, 0) is 0 Å². The highest BCUT2D eigenvalue weighted by atomic mass is 28.1. The molecule has 48 valence electrons. The van der Waals surface area contributed by atoms with Gasteiger partial charge in [-0.1, -0.05) is 24.1 Å². The molecule has 0 amide bonds. The van der Waals surface area contributed by atoms with Crippen molar-refractivity contribution in [1.29, 1.82) is 0 Å². The molecule has 0 saturated heterocycles. The van der Waals surface area contributed by atoms with Gasteiger partial charge in [0.2, 0.25) is 0 Å². The first-order valence-corrected chi connectivity index (χ1v) is 4.31. The van der Waals surface area contributed by atoms with Crippen molar-refractivity contribution in [2.45, 2.75) is 33.6 Å². The standard InChI is InChI=1S/C7H16Si/c1-4-5-7(8)6(2)3/h4-5H2,1-3,8H3. The first kappa shape index (κ1) is 7.96. The molecule has 0 spiro atoms. The van der Waals surface area contributed by atoms with Gasteiger partial charge in [-0.15, -0.1) is 0 Å². The van der Waals surface area contributed by atoms with E-state index in [-0.39, 0.29) is 0 Å². The molecule has 0 N–H and O–H groups in total. The second kappa shape index (κ2) is 3.90. The molecule has 0 unspecified atom stereocenters. The Hall–Kier alpha value is -0.0431. The van der Waals surface area contributed by atoms with E-state index < -0.39 is 0 Å². The van der Waals surface area contributed by atoms with Crippen LogP contribution >= 0.6 is 0 Å². The van der Waals surface area contributed by atoms with Crippen LogP contribution < -0.4 is 0 Å². The summed E-state index contributed by atoms with van der Waals surface area (Å²) < 4.78 is 0. The lowest BCUT2D eigenvalue weighted by atomic mass is 10.2. The van der Waals surface area contributed by atoms with Crippen LogP contribution in [0.1, 0.15) is 33.6 Å². The van der Waals surface area contributed by atoms with Gasteiger partial charge < -0.3 is 0 Å². The molecule has 0 aromatic heterocycles. The number of allylic oxidation sites excluding steroid dienone is 2. The first-order valence-electron chi connectivity index (χ1n) is 3.31. The topological polar surface area (TPSA) is 0 Å². The molecule has 0 rings (SSSR count). The fourth-order valence-corrected chi connectivity index (χ4v) is 1.12. The maximum atomic E-state index is 2.24. The summed E-state index contributed by atoms with van der Waals surface area (Å²) >= 11 is 0. The average Bonchev–Trinajstić information content (AvgIpc) is 1.67. The maximum absolute atomic E-state index is 2.24. The van der Waals surface area contributed by atoms with E-state index in [0.717, 1.165) is 0 Å². The van der Waals surface area contributed by atoms with E-state index in [2.05, 4.69) is 20.8 Å². The summed E-state index contributed by atoms with van der Waals surface area (Å²) in [6.07, 6.45) is 2.64. The molecule has 0 saturated carbocycles. The van der Waals surface area contributed by atoms with E-state index in [1.165, 1.54) is 23.1 Å². The van der Waals surface area contributed by atoms with E-state index in [1.54, 1.807) is 10.8 Å². The van der Waals surface area contributed by atoms with E-state index >= 15 is 0 Å². The SMILES string of the molecule is CCCC([SiH3])=C(C)C. The minimum absolute atomic E-state index is 1.26. The Kier molecular flexibility index (Phi) is 3.88. The molecule has 0 bridgehead atoms. The van der Waals surface area contributed by atoms with E-state index in [1.807, 2.05) is 0 Å². The Balaban J connectivity index is 3.62. The van der Waals surface area contributed by atoms with E-state index in [4.69, 9.17) is 0 Å². The van der Waals surface area contributed by atoms with Gasteiger partial charge in [-0.3, -0.25) is 0 Å². The molecule has 0 radical (unpaired) electrons. The fourth-order valence-electron chi connectivity index (χ4n) is 0.625. The molecular formula is C7H16Si. The third-order valence-electron chi connectivity index (χ3n) is 1.48. The van der Waals surface area contributed by atoms with Gasteiger partial charge in [0.15, 0.2) is 0 Å². The number of hydrogen-bond acceptors (Lipinski definition) is 0. The van der Waals surface area contributed by atoms with Gasteiger partial charge in [0.25, 0.3) is 0 Å². The lowest BCUT2D eigenvalue weighted by Crippen LogP contribution is -1.83. The molecule has 1 heteroatoms. The predicted molar refractivity (Wildman–Crippen MR) is 43.2 cm³/mol. The molecule has 0 aromatic rings. The fraction of sp³-hybridized carbons (Fsp3) is 0.714. The van der Waals surface area contributed by atoms with Crippen molar-refractivity contribution in [3.05, 3.63) is 10.8 Å². The summed E-state index contributed by atoms with van der Waals surface area (Å²) in [7, 11) is 1.26. The molecule has 0 aliphatic rings. The molecule has 8 heavy (non-hydrogen) atoms. The van der Waals surface area contributed by atoms with Crippen LogP contribution in [0, 0.1) is 0 Å². The van der Waals surface area contributed by atoms with Crippen LogP contribution in [0.25, 0.3) is 0 Å². The van der Waals surface area contributed by atoms with Crippen molar-refractivity contribution in [2.24, 2.45) is 0 Å². The molecule has 0 heterocycles. The van der Waals surface area contributed by atoms with Crippen molar-refractivity contribution in [1.82, 2.24) is 0 Å². The van der Waals surface area contributed by atoms with Crippen molar-refractivity contribution in [3.63, 3.8) is 0 Å². The Morgan fingerprint density at radius 1 is 1.38 bits per heavy atom. The summed E-state index contributed by atoms with van der Waals surface area (Å²) in [6.45, 7) is 6.65. The van der Waals surface area contributed by atoms with Gasteiger partial charge in [-0.05, 0) is 20.3 Å². The van der Waals surface area contributed by atoms with Crippen LogP contribution in [-0.4, -0.2) is 10.2 Å². The minimum atomic E-state index is 1.26. The maximum Gasteiger partial charge on any atom is 0.0332 e. The number of rotatable bonds is 2. The lowest BCUT2D eigenvalue weighted by molar-refractivity contribution is 0.932. The zero-order valence-electron chi connectivity index (χ0n) is 6.41. The monoisotopic (exact) mass is 128 g/mol. The zero-order chi connectivity index (χ0) is 6.57. The van der Waals surface area contributed by atoms with Crippen molar-refractivity contribution < 1.29 is 0 Å². The largest absolute Gasteiger partial charge is 0.0931 e. The van der Waals surface area contributed by atoms with E-state index in [0.29, 0.717) is 0 Å². The van der Waals surface area contributed by atoms with Gasteiger partial charge >= 0.3 is 0 Å². The van der Waals surface area contributed by atoms with Gasteiger partial charge in [0.05, 0.1) is 0 Å². The normalized spacial score (nSPS) is 9.38. The van der Waals surface area contributed by atoms with Gasteiger partial charge in [-0.2, -0.15) is 0 Å². The van der Waals surface area contributed by atoms with Gasteiger partial charge in [-0.25, -0.2) is 0 Å². The van der Waals surface area contributed by atoms with Gasteiger partial charge in [0.1, 0.15) is 0 Å². The first-order chi connectivity index (χ1) is 3.68. The zero-order valence-corrected chi connectivity index (χ0v) is 8.41. The highest BCUT2D eigenvalue weighted by Gasteiger charge is 1.86. The Labute approximate surface area is 55.4 Å². The summed E-state index contributed by atoms with van der Waals surface area (Å²) in [6, 6.07) is 0. The molecule has 0 aliphatic heterocycles. The van der Waals surface area contributed by atoms with Crippen molar-refractivity contribution in [3.8, 4) is 0 Å². The van der Waals surface area contributed by atoms with Gasteiger partial charge in [0, 0.05) is 10.2 Å². The highest BCUT2D eigenvalue weighted by Crippen LogP contribution is 2.04. The van der Waals surface area contributed by atoms with Crippen LogP contribution in [0.4, 0.5) is 0 Å². The Morgan fingerprint density at radius 2 is 1.88 bits per heavy atom. The molecule has 0 aliphatic carbocycles. The van der Waals surface area contributed by atoms with Crippen LogP contribution in [0.5, 0.6) is 0 Å². The van der Waals surface area contributed by atoms with E-state index in [9.17, 15) is 0 Å². The average molecular weight is 128 g/mol. The molecular weight excluding hydrogens is 112 g/mol. The second-order valence-electron chi connectivity index (χ2n) is 2.53.